The van der Waals surface area contributed by atoms with Crippen molar-refractivity contribution in [1.82, 2.24) is 0 Å². The van der Waals surface area contributed by atoms with Gasteiger partial charge < -0.3 is 9.47 Å². The van der Waals surface area contributed by atoms with Gasteiger partial charge in [-0.05, 0) is 42.8 Å². The first-order chi connectivity index (χ1) is 10.7. The monoisotopic (exact) mass is 322 g/mol. The van der Waals surface area contributed by atoms with Gasteiger partial charge in [0.1, 0.15) is 5.75 Å². The maximum absolute atomic E-state index is 12.0. The van der Waals surface area contributed by atoms with Crippen molar-refractivity contribution in [3.63, 3.8) is 0 Å². The average Bonchev–Trinajstić information content (AvgIpc) is 2.56. The first-order valence-corrected chi connectivity index (χ1v) is 7.25. The van der Waals surface area contributed by atoms with Gasteiger partial charge in [0, 0.05) is 0 Å². The van der Waals surface area contributed by atoms with E-state index in [0.717, 1.165) is 12.8 Å². The van der Waals surface area contributed by atoms with Gasteiger partial charge in [-0.15, -0.1) is 0 Å². The van der Waals surface area contributed by atoms with Gasteiger partial charge in [0.15, 0.2) is 0 Å². The fourth-order valence-electron chi connectivity index (χ4n) is 1.79. The Hall–Kier alpha value is -1.62. The first kappa shape index (κ1) is 19.4. The number of carbonyl (C=O) groups excluding carboxylic acids is 2. The summed E-state index contributed by atoms with van der Waals surface area (Å²) >= 11 is 0. The van der Waals surface area contributed by atoms with Crippen LogP contribution in [0, 0.1) is 0 Å². The van der Waals surface area contributed by atoms with Crippen molar-refractivity contribution in [2.24, 2.45) is 0 Å². The van der Waals surface area contributed by atoms with Gasteiger partial charge in [0.25, 0.3) is 0 Å². The minimum absolute atomic E-state index is 0. The molecule has 0 N–H and O–H groups in total. The number of carbonyl (C=O) groups is 2. The second kappa shape index (κ2) is 10.2. The Labute approximate surface area is 158 Å². The number of unbranched alkanes of at least 4 members (excludes halogenated alkanes) is 1. The Bertz CT molecular complexity index is 623. The molecule has 5 heteroatoms. The van der Waals surface area contributed by atoms with Crippen LogP contribution in [0.25, 0.3) is 0 Å². The van der Waals surface area contributed by atoms with Crippen LogP contribution < -0.4 is 4.74 Å². The summed E-state index contributed by atoms with van der Waals surface area (Å²) in [6.45, 7) is 2.44. The summed E-state index contributed by atoms with van der Waals surface area (Å²) in [7, 11) is 0. The molecule has 2 rings (SSSR count). The molecule has 0 aliphatic rings. The molecule has 0 atom stereocenters. The summed E-state index contributed by atoms with van der Waals surface area (Å²) in [5.41, 5.74) is 0.807. The second-order valence-electron chi connectivity index (χ2n) is 4.77. The third-order valence-corrected chi connectivity index (χ3v) is 3.04. The maximum atomic E-state index is 12.0. The molecule has 0 aliphatic heterocycles. The standard InChI is InChI=1S/C18H18O4.Na.H/c1-2-3-13-21-17(19)14-9-11-15(12-10-14)18(20)22-16-7-5-4-6-8-16;;/h4-12H,2-3,13H2,1H3;;. The molecule has 2 aromatic carbocycles. The van der Waals surface area contributed by atoms with Gasteiger partial charge in [0.2, 0.25) is 0 Å². The van der Waals surface area contributed by atoms with E-state index in [9.17, 15) is 9.59 Å². The molecule has 0 heterocycles. The van der Waals surface area contributed by atoms with Crippen LogP contribution in [0.15, 0.2) is 54.6 Å². The summed E-state index contributed by atoms with van der Waals surface area (Å²) in [4.78, 5) is 23.7. The molecule has 0 aliphatic carbocycles. The number of para-hydroxylation sites is 1. The fourth-order valence-corrected chi connectivity index (χ4v) is 1.79. The molecule has 0 fully saturated rings. The molecule has 0 aromatic heterocycles. The van der Waals surface area contributed by atoms with Gasteiger partial charge in [0.05, 0.1) is 17.7 Å². The second-order valence-corrected chi connectivity index (χ2v) is 4.77. The van der Waals surface area contributed by atoms with Gasteiger partial charge in [-0.25, -0.2) is 9.59 Å². The predicted molar refractivity (Wildman–Crippen MR) is 90.2 cm³/mol. The van der Waals surface area contributed by atoms with Crippen LogP contribution in [-0.4, -0.2) is 48.1 Å². The van der Waals surface area contributed by atoms with Gasteiger partial charge in [-0.2, -0.15) is 0 Å². The molecule has 4 nitrogen and oxygen atoms in total. The summed E-state index contributed by atoms with van der Waals surface area (Å²) in [5.74, 6) is -0.357. The van der Waals surface area contributed by atoms with E-state index in [2.05, 4.69) is 0 Å². The van der Waals surface area contributed by atoms with Crippen molar-refractivity contribution < 1.29 is 19.1 Å². The van der Waals surface area contributed by atoms with E-state index in [0.29, 0.717) is 23.5 Å². The van der Waals surface area contributed by atoms with E-state index < -0.39 is 5.97 Å². The molecule has 0 amide bonds. The molecule has 2 aromatic rings. The third kappa shape index (κ3) is 6.18. The topological polar surface area (TPSA) is 52.6 Å². The van der Waals surface area contributed by atoms with E-state index >= 15 is 0 Å². The van der Waals surface area contributed by atoms with Crippen LogP contribution in [0.2, 0.25) is 0 Å². The van der Waals surface area contributed by atoms with Crippen LogP contribution in [0.3, 0.4) is 0 Å². The van der Waals surface area contributed by atoms with Crippen molar-refractivity contribution in [3.05, 3.63) is 65.7 Å². The number of benzene rings is 2. The normalized spacial score (nSPS) is 9.61. The van der Waals surface area contributed by atoms with E-state index in [1.54, 1.807) is 48.5 Å². The molecular weight excluding hydrogens is 303 g/mol. The van der Waals surface area contributed by atoms with Gasteiger partial charge in [-0.3, -0.25) is 0 Å². The Morgan fingerprint density at radius 1 is 0.870 bits per heavy atom. The summed E-state index contributed by atoms with van der Waals surface area (Å²) in [5, 5.41) is 0. The predicted octanol–water partition coefficient (Wildman–Crippen LogP) is 3.21. The van der Waals surface area contributed by atoms with E-state index in [1.165, 1.54) is 0 Å². The Morgan fingerprint density at radius 2 is 1.43 bits per heavy atom. The quantitative estimate of drug-likeness (QED) is 0.355. The minimum atomic E-state index is -0.461. The molecule has 0 saturated carbocycles. The third-order valence-electron chi connectivity index (χ3n) is 3.04. The van der Waals surface area contributed by atoms with E-state index in [1.807, 2.05) is 13.0 Å². The van der Waals surface area contributed by atoms with Crippen LogP contribution in [0.1, 0.15) is 40.5 Å². The Morgan fingerprint density at radius 3 is 2.00 bits per heavy atom. The van der Waals surface area contributed by atoms with E-state index in [-0.39, 0.29) is 35.5 Å². The molecule has 0 unspecified atom stereocenters. The molecular formula is C18H19NaO4. The van der Waals surface area contributed by atoms with Crippen molar-refractivity contribution >= 4 is 41.5 Å². The van der Waals surface area contributed by atoms with Crippen molar-refractivity contribution in [2.45, 2.75) is 19.8 Å². The summed E-state index contributed by atoms with van der Waals surface area (Å²) in [6.07, 6.45) is 1.81. The van der Waals surface area contributed by atoms with Gasteiger partial charge >= 0.3 is 41.5 Å². The van der Waals surface area contributed by atoms with Crippen molar-refractivity contribution in [2.75, 3.05) is 6.61 Å². The molecule has 116 valence electrons. The van der Waals surface area contributed by atoms with Crippen LogP contribution >= 0.6 is 0 Å². The number of hydrogen-bond donors (Lipinski definition) is 0. The summed E-state index contributed by atoms with van der Waals surface area (Å²) < 4.78 is 10.3. The number of ether oxygens (including phenoxy) is 2. The van der Waals surface area contributed by atoms with E-state index in [4.69, 9.17) is 9.47 Å². The first-order valence-electron chi connectivity index (χ1n) is 7.25. The molecule has 0 spiro atoms. The molecule has 0 bridgehead atoms. The van der Waals surface area contributed by atoms with Crippen LogP contribution in [0.5, 0.6) is 5.75 Å². The zero-order valence-electron chi connectivity index (χ0n) is 12.5. The molecule has 0 radical (unpaired) electrons. The van der Waals surface area contributed by atoms with Crippen molar-refractivity contribution in [1.29, 1.82) is 0 Å². The molecule has 23 heavy (non-hydrogen) atoms. The zero-order valence-corrected chi connectivity index (χ0v) is 12.5. The summed E-state index contributed by atoms with van der Waals surface area (Å²) in [6, 6.07) is 15.1. The van der Waals surface area contributed by atoms with Crippen LogP contribution in [0.4, 0.5) is 0 Å². The van der Waals surface area contributed by atoms with Crippen LogP contribution in [-0.2, 0) is 4.74 Å². The number of rotatable bonds is 6. The number of hydrogen-bond acceptors (Lipinski definition) is 4. The SMILES string of the molecule is CCCCOC(=O)c1ccc(C(=O)Oc2ccccc2)cc1.[NaH]. The number of esters is 2. The average molecular weight is 322 g/mol. The molecule has 0 saturated heterocycles. The zero-order chi connectivity index (χ0) is 15.8. The Kier molecular flexibility index (Phi) is 8.62. The van der Waals surface area contributed by atoms with Gasteiger partial charge in [-0.1, -0.05) is 31.5 Å². The Balaban J connectivity index is 0.00000264. The fraction of sp³-hybridized carbons (Fsp3) is 0.222. The van der Waals surface area contributed by atoms with Crippen molar-refractivity contribution in [3.8, 4) is 5.75 Å².